The average molecular weight is 693 g/mol. The minimum atomic E-state index is -2.86. The molecule has 2 aliphatic heterocycles. The smallest absolute Gasteiger partial charge is 0.315 e. The van der Waals surface area contributed by atoms with Gasteiger partial charge in [0.05, 0.1) is 16.8 Å². The molecule has 0 spiro atoms. The molecule has 3 rings (SSSR count). The van der Waals surface area contributed by atoms with Gasteiger partial charge in [-0.05, 0) is 55.8 Å². The summed E-state index contributed by atoms with van der Waals surface area (Å²) in [6, 6.07) is -3.46. The van der Waals surface area contributed by atoms with Crippen LogP contribution >= 0.6 is 0 Å². The number of unbranched alkanes of at least 4 members (excludes halogenated alkanes) is 1. The average Bonchev–Trinajstić information content (AvgIpc) is 3.63. The minimum Gasteiger partial charge on any atom is -0.346 e. The Bertz CT molecular complexity index is 1300. The summed E-state index contributed by atoms with van der Waals surface area (Å²) in [7, 11) is -2.86. The van der Waals surface area contributed by atoms with Crippen LogP contribution in [0.15, 0.2) is 12.7 Å². The van der Waals surface area contributed by atoms with E-state index in [1.165, 1.54) is 11.0 Å². The van der Waals surface area contributed by atoms with Gasteiger partial charge in [0.1, 0.15) is 12.1 Å². The van der Waals surface area contributed by atoms with Crippen molar-refractivity contribution < 1.29 is 28.2 Å². The molecule has 3 aliphatic rings. The van der Waals surface area contributed by atoms with Crippen LogP contribution in [-0.4, -0.2) is 86.4 Å². The Balaban J connectivity index is 1.86. The second-order valence-corrected chi connectivity index (χ2v) is 17.8. The lowest BCUT2D eigenvalue weighted by Gasteiger charge is -2.44. The van der Waals surface area contributed by atoms with Crippen LogP contribution in [0.1, 0.15) is 112 Å². The van der Waals surface area contributed by atoms with E-state index in [2.05, 4.69) is 27.8 Å². The molecule has 0 radical (unpaired) electrons. The fraction of sp³-hybridized carbons (Fsp3) is 0.800. The normalized spacial score (nSPS) is 26.7. The number of carbonyl (C=O) groups is 5. The summed E-state index contributed by atoms with van der Waals surface area (Å²) in [5.74, 6) is -2.24. The maximum Gasteiger partial charge on any atom is 0.315 e. The SMILES string of the molecule is C=CCNC(=O)C(=O)[C@H](CCCC)NC(=O)[C@@H]1[C@@H](C(C)C)CCN1C(=O)[C@@H](NC(=O)NC1(C2CCCS2(=N)=O)CCCCC1)C(C)(C)C. The second-order valence-electron chi connectivity index (χ2n) is 15.4. The minimum absolute atomic E-state index is 0.0425. The molecule has 0 bridgehead atoms. The Labute approximate surface area is 287 Å². The van der Waals surface area contributed by atoms with Crippen molar-refractivity contribution in [3.05, 3.63) is 12.7 Å². The maximum atomic E-state index is 14.4. The van der Waals surface area contributed by atoms with Crippen LogP contribution in [0.5, 0.6) is 0 Å². The summed E-state index contributed by atoms with van der Waals surface area (Å²) in [6.45, 7) is 15.5. The Morgan fingerprint density at radius 2 is 1.71 bits per heavy atom. The fourth-order valence-corrected chi connectivity index (χ4v) is 10.3. The molecule has 12 nitrogen and oxygen atoms in total. The first kappa shape index (κ1) is 39.5. The predicted octanol–water partition coefficient (Wildman–Crippen LogP) is 4.03. The van der Waals surface area contributed by atoms with Crippen molar-refractivity contribution in [2.24, 2.45) is 17.3 Å². The van der Waals surface area contributed by atoms with Gasteiger partial charge in [-0.3, -0.25) is 24.0 Å². The number of ketones is 1. The van der Waals surface area contributed by atoms with Crippen LogP contribution in [0.25, 0.3) is 0 Å². The highest BCUT2D eigenvalue weighted by molar-refractivity contribution is 7.93. The molecule has 6 atom stereocenters. The molecule has 2 saturated heterocycles. The number of Topliss-reactive ketones (excluding diaryl/α,β-unsaturated/α-hetero) is 1. The van der Waals surface area contributed by atoms with Gasteiger partial charge >= 0.3 is 6.03 Å². The van der Waals surface area contributed by atoms with E-state index in [1.54, 1.807) is 0 Å². The third kappa shape index (κ3) is 9.38. The molecule has 1 saturated carbocycles. The van der Waals surface area contributed by atoms with Gasteiger partial charge in [0, 0.05) is 28.6 Å². The molecule has 0 aromatic carbocycles. The molecule has 3 fully saturated rings. The molecule has 2 unspecified atom stereocenters. The molecule has 5 amide bonds. The largest absolute Gasteiger partial charge is 0.346 e. The van der Waals surface area contributed by atoms with Gasteiger partial charge in [0.15, 0.2) is 0 Å². The van der Waals surface area contributed by atoms with Gasteiger partial charge in [-0.25, -0.2) is 9.00 Å². The third-order valence-corrected chi connectivity index (χ3v) is 13.0. The number of nitrogens with one attached hydrogen (secondary N) is 5. The van der Waals surface area contributed by atoms with Gasteiger partial charge in [0.2, 0.25) is 17.6 Å². The summed E-state index contributed by atoms with van der Waals surface area (Å²) in [5, 5.41) is 11.0. The van der Waals surface area contributed by atoms with Crippen LogP contribution in [-0.2, 0) is 28.9 Å². The Hall–Kier alpha value is -2.96. The maximum absolute atomic E-state index is 14.4. The quantitative estimate of drug-likeness (QED) is 0.136. The van der Waals surface area contributed by atoms with Crippen LogP contribution in [0.4, 0.5) is 4.79 Å². The van der Waals surface area contributed by atoms with E-state index in [1.807, 2.05) is 41.5 Å². The lowest BCUT2D eigenvalue weighted by molar-refractivity contribution is -0.144. The zero-order chi connectivity index (χ0) is 35.9. The molecule has 272 valence electrons. The van der Waals surface area contributed by atoms with Gasteiger partial charge in [-0.15, -0.1) is 6.58 Å². The molecule has 13 heteroatoms. The van der Waals surface area contributed by atoms with Crippen LogP contribution in [0, 0.1) is 22.0 Å². The zero-order valence-electron chi connectivity index (χ0n) is 30.0. The number of hydrogen-bond donors (Lipinski definition) is 5. The monoisotopic (exact) mass is 692 g/mol. The van der Waals surface area contributed by atoms with E-state index < -0.39 is 73.6 Å². The van der Waals surface area contributed by atoms with E-state index in [9.17, 15) is 28.2 Å². The molecular weight excluding hydrogens is 632 g/mol. The topological polar surface area (TPSA) is 178 Å². The van der Waals surface area contributed by atoms with Gasteiger partial charge in [-0.2, -0.15) is 0 Å². The lowest BCUT2D eigenvalue weighted by atomic mass is 9.78. The first-order valence-electron chi connectivity index (χ1n) is 17.9. The Kier molecular flexibility index (Phi) is 13.7. The van der Waals surface area contributed by atoms with Crippen LogP contribution in [0.3, 0.4) is 0 Å². The second kappa shape index (κ2) is 16.6. The lowest BCUT2D eigenvalue weighted by Crippen LogP contribution is -2.65. The number of carbonyl (C=O) groups excluding carboxylic acids is 5. The van der Waals surface area contributed by atoms with Gasteiger partial charge in [-0.1, -0.05) is 79.7 Å². The van der Waals surface area contributed by atoms with Gasteiger partial charge in [0.25, 0.3) is 5.91 Å². The molecular formula is C35H60N6O6S. The van der Waals surface area contributed by atoms with Crippen LogP contribution in [0.2, 0.25) is 0 Å². The van der Waals surface area contributed by atoms with Crippen LogP contribution < -0.4 is 21.3 Å². The highest BCUT2D eigenvalue weighted by Crippen LogP contribution is 2.40. The summed E-state index contributed by atoms with van der Waals surface area (Å²) in [4.78, 5) is 69.5. The number of rotatable bonds is 14. The molecule has 0 aromatic rings. The van der Waals surface area contributed by atoms with E-state index in [-0.39, 0.29) is 24.8 Å². The standard InChI is InChI=1S/C35H60N6O6S/c1-8-10-15-25(28(42)31(44)37-20-9-2)38-30(43)27-24(23(3)4)17-21-41(27)32(45)29(34(5,6)7)39-33(46)40-35(18-12-11-13-19-35)26-16-14-22-48(26,36)47/h9,23-27,29,36H,2,8,10-22H2,1,3-7H3,(H,37,44)(H,38,43)(H2,39,40,46)/t24-,25+,26?,27+,29-,48?/m1/s1. The van der Waals surface area contributed by atoms with E-state index in [0.717, 1.165) is 25.7 Å². The number of nitrogens with zero attached hydrogens (tertiary/aromatic N) is 1. The van der Waals surface area contributed by atoms with Crippen molar-refractivity contribution in [2.45, 2.75) is 141 Å². The first-order chi connectivity index (χ1) is 22.5. The third-order valence-electron chi connectivity index (χ3n) is 10.4. The van der Waals surface area contributed by atoms with Crippen molar-refractivity contribution in [2.75, 3.05) is 18.8 Å². The predicted molar refractivity (Wildman–Crippen MR) is 188 cm³/mol. The van der Waals surface area contributed by atoms with Gasteiger partial charge < -0.3 is 26.2 Å². The van der Waals surface area contributed by atoms with Crippen molar-refractivity contribution in [1.29, 1.82) is 4.78 Å². The van der Waals surface area contributed by atoms with Crippen molar-refractivity contribution in [1.82, 2.24) is 26.2 Å². The van der Waals surface area contributed by atoms with E-state index in [4.69, 9.17) is 4.78 Å². The summed E-state index contributed by atoms with van der Waals surface area (Å²) in [6.07, 6.45) is 9.07. The number of amides is 5. The van der Waals surface area contributed by atoms with E-state index >= 15 is 0 Å². The molecule has 5 N–H and O–H groups in total. The van der Waals surface area contributed by atoms with E-state index in [0.29, 0.717) is 50.8 Å². The number of urea groups is 1. The summed E-state index contributed by atoms with van der Waals surface area (Å²) in [5.41, 5.74) is -1.50. The number of hydrogen-bond acceptors (Lipinski definition) is 7. The van der Waals surface area contributed by atoms with Crippen molar-refractivity contribution in [3.8, 4) is 0 Å². The number of likely N-dealkylation sites (tertiary alicyclic amines) is 1. The van der Waals surface area contributed by atoms with Crippen molar-refractivity contribution >= 4 is 39.3 Å². The Morgan fingerprint density at radius 3 is 2.25 bits per heavy atom. The fourth-order valence-electron chi connectivity index (χ4n) is 7.82. The highest BCUT2D eigenvalue weighted by Gasteiger charge is 2.50. The summed E-state index contributed by atoms with van der Waals surface area (Å²) >= 11 is 0. The molecule has 1 aliphatic carbocycles. The summed E-state index contributed by atoms with van der Waals surface area (Å²) < 4.78 is 21.8. The molecule has 2 heterocycles. The molecule has 0 aromatic heterocycles. The first-order valence-corrected chi connectivity index (χ1v) is 19.7. The Morgan fingerprint density at radius 1 is 1.04 bits per heavy atom. The zero-order valence-corrected chi connectivity index (χ0v) is 30.8. The highest BCUT2D eigenvalue weighted by atomic mass is 32.2. The molecule has 48 heavy (non-hydrogen) atoms. The van der Waals surface area contributed by atoms with Crippen molar-refractivity contribution in [3.63, 3.8) is 0 Å².